The Morgan fingerprint density at radius 1 is 1.33 bits per heavy atom. The fourth-order valence-electron chi connectivity index (χ4n) is 2.47. The van der Waals surface area contributed by atoms with Gasteiger partial charge in [-0.3, -0.25) is 4.98 Å². The molecule has 3 rings (SSSR count). The van der Waals surface area contributed by atoms with E-state index in [0.717, 1.165) is 25.2 Å². The van der Waals surface area contributed by atoms with Crippen molar-refractivity contribution >= 4 is 16.6 Å². The van der Waals surface area contributed by atoms with Gasteiger partial charge < -0.3 is 9.64 Å². The Labute approximate surface area is 107 Å². The number of rotatable bonds is 1. The second kappa shape index (κ2) is 4.58. The van der Waals surface area contributed by atoms with Crippen LogP contribution in [0.5, 0.6) is 0 Å². The van der Waals surface area contributed by atoms with E-state index in [-0.39, 0.29) is 0 Å². The molecule has 1 aliphatic rings. The van der Waals surface area contributed by atoms with Gasteiger partial charge in [0.15, 0.2) is 0 Å². The number of aryl methyl sites for hydroxylation is 1. The van der Waals surface area contributed by atoms with Crippen LogP contribution in [0.15, 0.2) is 30.5 Å². The number of ether oxygens (including phenoxy) is 1. The number of nitrogens with zero attached hydrogens (tertiary/aromatic N) is 2. The van der Waals surface area contributed by atoms with Crippen molar-refractivity contribution in [3.63, 3.8) is 0 Å². The van der Waals surface area contributed by atoms with E-state index < -0.39 is 0 Å². The highest BCUT2D eigenvalue weighted by Gasteiger charge is 2.17. The fraction of sp³-hybridized carbons (Fsp3) is 0.400. The average Bonchev–Trinajstić information content (AvgIpc) is 2.38. The number of hydrogen-bond donors (Lipinski definition) is 0. The summed E-state index contributed by atoms with van der Waals surface area (Å²) in [6.45, 7) is 6.92. The molecular weight excluding hydrogens is 224 g/mol. The third kappa shape index (κ3) is 2.18. The zero-order valence-corrected chi connectivity index (χ0v) is 10.9. The maximum Gasteiger partial charge on any atom is 0.0722 e. The summed E-state index contributed by atoms with van der Waals surface area (Å²) in [4.78, 5) is 6.89. The van der Waals surface area contributed by atoms with Gasteiger partial charge in [0.1, 0.15) is 0 Å². The van der Waals surface area contributed by atoms with Crippen LogP contribution in [0.4, 0.5) is 5.69 Å². The summed E-state index contributed by atoms with van der Waals surface area (Å²) in [5.74, 6) is 0. The van der Waals surface area contributed by atoms with Crippen molar-refractivity contribution < 1.29 is 4.74 Å². The van der Waals surface area contributed by atoms with E-state index in [1.807, 2.05) is 6.20 Å². The molecule has 0 N–H and O–H groups in total. The fourth-order valence-corrected chi connectivity index (χ4v) is 2.47. The van der Waals surface area contributed by atoms with Gasteiger partial charge in [-0.1, -0.05) is 11.6 Å². The SMILES string of the molecule is Cc1ccc2ncc(N3CCOC(C)C3)cc2c1. The molecule has 1 fully saturated rings. The van der Waals surface area contributed by atoms with Gasteiger partial charge in [0, 0.05) is 18.5 Å². The molecule has 2 aromatic rings. The van der Waals surface area contributed by atoms with Crippen LogP contribution in [-0.4, -0.2) is 30.8 Å². The second-order valence-electron chi connectivity index (χ2n) is 5.02. The van der Waals surface area contributed by atoms with Crippen LogP contribution in [0, 0.1) is 6.92 Å². The van der Waals surface area contributed by atoms with E-state index in [9.17, 15) is 0 Å². The highest BCUT2D eigenvalue weighted by molar-refractivity contribution is 5.82. The minimum Gasteiger partial charge on any atom is -0.375 e. The van der Waals surface area contributed by atoms with Crippen LogP contribution >= 0.6 is 0 Å². The maximum atomic E-state index is 5.57. The Balaban J connectivity index is 1.96. The summed E-state index contributed by atoms with van der Waals surface area (Å²) in [6, 6.07) is 8.60. The van der Waals surface area contributed by atoms with Crippen molar-refractivity contribution in [2.45, 2.75) is 20.0 Å². The van der Waals surface area contributed by atoms with Crippen molar-refractivity contribution in [1.82, 2.24) is 4.98 Å². The molecule has 1 aliphatic heterocycles. The Kier molecular flexibility index (Phi) is 2.92. The van der Waals surface area contributed by atoms with E-state index >= 15 is 0 Å². The number of fused-ring (bicyclic) bond motifs is 1. The molecule has 94 valence electrons. The summed E-state index contributed by atoms with van der Waals surface area (Å²) in [5, 5.41) is 1.21. The van der Waals surface area contributed by atoms with Gasteiger partial charge in [-0.15, -0.1) is 0 Å². The van der Waals surface area contributed by atoms with Crippen LogP contribution in [-0.2, 0) is 4.74 Å². The molecule has 0 spiro atoms. The first-order valence-corrected chi connectivity index (χ1v) is 6.45. The summed E-state index contributed by atoms with van der Waals surface area (Å²) >= 11 is 0. The smallest absolute Gasteiger partial charge is 0.0722 e. The zero-order valence-electron chi connectivity index (χ0n) is 10.9. The summed E-state index contributed by atoms with van der Waals surface area (Å²) < 4.78 is 5.57. The second-order valence-corrected chi connectivity index (χ2v) is 5.02. The molecule has 1 aromatic carbocycles. The Bertz CT molecular complexity index is 567. The third-order valence-corrected chi connectivity index (χ3v) is 3.43. The quantitative estimate of drug-likeness (QED) is 0.769. The van der Waals surface area contributed by atoms with E-state index in [2.05, 4.69) is 48.0 Å². The predicted octanol–water partition coefficient (Wildman–Crippen LogP) is 2.77. The lowest BCUT2D eigenvalue weighted by atomic mass is 10.1. The van der Waals surface area contributed by atoms with Gasteiger partial charge in [0.2, 0.25) is 0 Å². The minimum absolute atomic E-state index is 0.298. The Morgan fingerprint density at radius 3 is 3.06 bits per heavy atom. The van der Waals surface area contributed by atoms with Crippen molar-refractivity contribution in [1.29, 1.82) is 0 Å². The lowest BCUT2D eigenvalue weighted by molar-refractivity contribution is 0.0532. The highest BCUT2D eigenvalue weighted by Crippen LogP contribution is 2.22. The van der Waals surface area contributed by atoms with Gasteiger partial charge in [-0.25, -0.2) is 0 Å². The van der Waals surface area contributed by atoms with Crippen LogP contribution in [0.25, 0.3) is 10.9 Å². The van der Waals surface area contributed by atoms with E-state index in [1.165, 1.54) is 16.6 Å². The van der Waals surface area contributed by atoms with E-state index in [4.69, 9.17) is 4.74 Å². The highest BCUT2D eigenvalue weighted by atomic mass is 16.5. The number of benzene rings is 1. The molecule has 1 unspecified atom stereocenters. The molecule has 2 heterocycles. The first-order valence-electron chi connectivity index (χ1n) is 6.45. The minimum atomic E-state index is 0.298. The predicted molar refractivity (Wildman–Crippen MR) is 74.1 cm³/mol. The molecule has 0 saturated carbocycles. The van der Waals surface area contributed by atoms with Crippen molar-refractivity contribution in [2.24, 2.45) is 0 Å². The molecule has 0 aliphatic carbocycles. The number of pyridine rings is 1. The molecule has 3 heteroatoms. The molecule has 3 nitrogen and oxygen atoms in total. The van der Waals surface area contributed by atoms with E-state index in [0.29, 0.717) is 6.10 Å². The standard InChI is InChI=1S/C15H18N2O/c1-11-3-4-15-13(7-11)8-14(9-16-15)17-5-6-18-12(2)10-17/h3-4,7-9,12H,5-6,10H2,1-2H3. The summed E-state index contributed by atoms with van der Waals surface area (Å²) in [5.41, 5.74) is 3.53. The van der Waals surface area contributed by atoms with Gasteiger partial charge in [0.25, 0.3) is 0 Å². The summed E-state index contributed by atoms with van der Waals surface area (Å²) in [7, 11) is 0. The topological polar surface area (TPSA) is 25.4 Å². The van der Waals surface area contributed by atoms with Crippen LogP contribution in [0.2, 0.25) is 0 Å². The Hall–Kier alpha value is -1.61. The maximum absolute atomic E-state index is 5.57. The third-order valence-electron chi connectivity index (χ3n) is 3.43. The van der Waals surface area contributed by atoms with Gasteiger partial charge in [0.05, 0.1) is 30.1 Å². The average molecular weight is 242 g/mol. The largest absolute Gasteiger partial charge is 0.375 e. The Morgan fingerprint density at radius 2 is 2.22 bits per heavy atom. The monoisotopic (exact) mass is 242 g/mol. The number of morpholine rings is 1. The molecule has 0 amide bonds. The number of anilines is 1. The zero-order chi connectivity index (χ0) is 12.5. The molecule has 1 aromatic heterocycles. The number of aromatic nitrogens is 1. The van der Waals surface area contributed by atoms with E-state index in [1.54, 1.807) is 0 Å². The molecule has 0 bridgehead atoms. The van der Waals surface area contributed by atoms with Crippen molar-refractivity contribution in [3.8, 4) is 0 Å². The van der Waals surface area contributed by atoms with Crippen molar-refractivity contribution in [2.75, 3.05) is 24.6 Å². The molecule has 1 atom stereocenters. The molecule has 0 radical (unpaired) electrons. The molecule has 1 saturated heterocycles. The van der Waals surface area contributed by atoms with Crippen molar-refractivity contribution in [3.05, 3.63) is 36.0 Å². The normalized spacial score (nSPS) is 20.3. The number of hydrogen-bond acceptors (Lipinski definition) is 3. The van der Waals surface area contributed by atoms with Crippen LogP contribution < -0.4 is 4.90 Å². The first-order chi connectivity index (χ1) is 8.72. The first kappa shape index (κ1) is 11.5. The van der Waals surface area contributed by atoms with Gasteiger partial charge in [-0.05, 0) is 32.0 Å². The summed E-state index contributed by atoms with van der Waals surface area (Å²) in [6.07, 6.45) is 2.27. The molecule has 18 heavy (non-hydrogen) atoms. The van der Waals surface area contributed by atoms with Crippen LogP contribution in [0.1, 0.15) is 12.5 Å². The van der Waals surface area contributed by atoms with Gasteiger partial charge in [-0.2, -0.15) is 0 Å². The van der Waals surface area contributed by atoms with Gasteiger partial charge >= 0.3 is 0 Å². The molecular formula is C15H18N2O. The lowest BCUT2D eigenvalue weighted by Crippen LogP contribution is -2.41. The van der Waals surface area contributed by atoms with Crippen LogP contribution in [0.3, 0.4) is 0 Å². The lowest BCUT2D eigenvalue weighted by Gasteiger charge is -2.32.